The Kier molecular flexibility index (Phi) is 6.79. The number of hydrogen-bond donors (Lipinski definition) is 2. The lowest BCUT2D eigenvalue weighted by Gasteiger charge is -2.17. The van der Waals surface area contributed by atoms with Gasteiger partial charge in [0.1, 0.15) is 16.4 Å². The normalized spacial score (nSPS) is 14.7. The molecule has 2 aromatic carbocycles. The number of hydrogen-bond acceptors (Lipinski definition) is 5. The quantitative estimate of drug-likeness (QED) is 0.580. The molecule has 1 amide bonds. The highest BCUT2D eigenvalue weighted by atomic mass is 32.2. The third-order valence-corrected chi connectivity index (χ3v) is 6.94. The summed E-state index contributed by atoms with van der Waals surface area (Å²) < 4.78 is 38.7. The Bertz CT molecular complexity index is 1030. The van der Waals surface area contributed by atoms with Crippen LogP contribution in [0.1, 0.15) is 38.7 Å². The van der Waals surface area contributed by atoms with Gasteiger partial charge in [-0.05, 0) is 55.0 Å². The lowest BCUT2D eigenvalue weighted by atomic mass is 9.94. The van der Waals surface area contributed by atoms with Crippen molar-refractivity contribution >= 4 is 21.6 Å². The first-order valence-corrected chi connectivity index (χ1v) is 11.8. The molecule has 1 aliphatic rings. The highest BCUT2D eigenvalue weighted by Gasteiger charge is 2.51. The number of carbonyl (C=O) groups excluding carboxylic acids is 1. The average Bonchev–Trinajstić information content (AvgIpc) is 3.55. The predicted octanol–water partition coefficient (Wildman–Crippen LogP) is 3.70. The van der Waals surface area contributed by atoms with Gasteiger partial charge in [-0.3, -0.25) is 9.52 Å². The van der Waals surface area contributed by atoms with E-state index in [4.69, 9.17) is 9.47 Å². The molecule has 0 spiro atoms. The molecule has 1 fully saturated rings. The number of ether oxygens (including phenoxy) is 2. The van der Waals surface area contributed by atoms with Gasteiger partial charge in [-0.25, -0.2) is 8.42 Å². The van der Waals surface area contributed by atoms with E-state index in [1.165, 1.54) is 20.3 Å². The van der Waals surface area contributed by atoms with Crippen LogP contribution in [0.15, 0.2) is 47.4 Å². The molecule has 2 aromatic rings. The maximum absolute atomic E-state index is 12.9. The maximum atomic E-state index is 12.9. The second kappa shape index (κ2) is 9.18. The van der Waals surface area contributed by atoms with Crippen LogP contribution >= 0.6 is 0 Å². The van der Waals surface area contributed by atoms with Crippen LogP contribution in [0.4, 0.5) is 5.69 Å². The molecule has 0 atom stereocenters. The molecule has 3 rings (SSSR count). The molecule has 0 bridgehead atoms. The number of nitrogens with one attached hydrogen (secondary N) is 2. The van der Waals surface area contributed by atoms with Crippen LogP contribution in [0.3, 0.4) is 0 Å². The number of sulfonamides is 1. The first-order chi connectivity index (χ1) is 14.7. The molecule has 1 saturated carbocycles. The third kappa shape index (κ3) is 5.12. The van der Waals surface area contributed by atoms with Crippen LogP contribution in [-0.2, 0) is 20.2 Å². The van der Waals surface area contributed by atoms with E-state index in [-0.39, 0.29) is 16.6 Å². The van der Waals surface area contributed by atoms with Gasteiger partial charge >= 0.3 is 0 Å². The fourth-order valence-corrected chi connectivity index (χ4v) is 4.72. The van der Waals surface area contributed by atoms with E-state index < -0.39 is 15.4 Å². The van der Waals surface area contributed by atoms with Gasteiger partial charge in [-0.2, -0.15) is 0 Å². The Morgan fingerprint density at radius 2 is 1.74 bits per heavy atom. The van der Waals surface area contributed by atoms with E-state index in [0.29, 0.717) is 23.9 Å². The number of amides is 1. The smallest absolute Gasteiger partial charge is 0.265 e. The summed E-state index contributed by atoms with van der Waals surface area (Å²) in [6, 6.07) is 11.6. The number of anilines is 1. The van der Waals surface area contributed by atoms with Crippen molar-refractivity contribution in [2.45, 2.75) is 43.4 Å². The lowest BCUT2D eigenvalue weighted by molar-refractivity contribution is -0.123. The zero-order chi connectivity index (χ0) is 22.6. The Hall–Kier alpha value is -2.74. The van der Waals surface area contributed by atoms with E-state index in [1.54, 1.807) is 24.3 Å². The number of carbonyl (C=O) groups is 1. The second-order valence-electron chi connectivity index (χ2n) is 8.22. The summed E-state index contributed by atoms with van der Waals surface area (Å²) in [6.45, 7) is 4.92. The summed E-state index contributed by atoms with van der Waals surface area (Å²) in [5.41, 5.74) is 0.811. The molecular formula is C23H30N2O5S. The molecule has 8 heteroatoms. The van der Waals surface area contributed by atoms with Crippen molar-refractivity contribution in [2.24, 2.45) is 5.92 Å². The van der Waals surface area contributed by atoms with Crippen molar-refractivity contribution in [3.8, 4) is 11.5 Å². The van der Waals surface area contributed by atoms with Crippen LogP contribution in [0.2, 0.25) is 0 Å². The van der Waals surface area contributed by atoms with Crippen molar-refractivity contribution in [3.05, 3.63) is 48.0 Å². The summed E-state index contributed by atoms with van der Waals surface area (Å²) >= 11 is 0. The molecule has 168 valence electrons. The van der Waals surface area contributed by atoms with Gasteiger partial charge in [0.05, 0.1) is 19.6 Å². The van der Waals surface area contributed by atoms with Gasteiger partial charge in [0.25, 0.3) is 10.0 Å². The lowest BCUT2D eigenvalue weighted by Crippen LogP contribution is -2.35. The predicted molar refractivity (Wildman–Crippen MR) is 120 cm³/mol. The third-order valence-electron chi connectivity index (χ3n) is 5.54. The van der Waals surface area contributed by atoms with E-state index in [9.17, 15) is 13.2 Å². The first kappa shape index (κ1) is 22.9. The minimum absolute atomic E-state index is 0.0124. The average molecular weight is 447 g/mol. The summed E-state index contributed by atoms with van der Waals surface area (Å²) in [5, 5.41) is 3.04. The zero-order valence-corrected chi connectivity index (χ0v) is 19.2. The van der Waals surface area contributed by atoms with E-state index >= 15 is 0 Å². The first-order valence-electron chi connectivity index (χ1n) is 10.4. The molecule has 2 N–H and O–H groups in total. The Morgan fingerprint density at radius 1 is 1.06 bits per heavy atom. The van der Waals surface area contributed by atoms with Crippen molar-refractivity contribution in [1.82, 2.24) is 5.32 Å². The Morgan fingerprint density at radius 3 is 2.29 bits per heavy atom. The van der Waals surface area contributed by atoms with Crippen molar-refractivity contribution in [1.29, 1.82) is 0 Å². The van der Waals surface area contributed by atoms with Crippen LogP contribution in [-0.4, -0.2) is 35.1 Å². The fraction of sp³-hybridized carbons (Fsp3) is 0.435. The maximum Gasteiger partial charge on any atom is 0.265 e. The monoisotopic (exact) mass is 446 g/mol. The number of rotatable bonds is 10. The second-order valence-corrected chi connectivity index (χ2v) is 9.87. The molecule has 1 aliphatic carbocycles. The van der Waals surface area contributed by atoms with Crippen LogP contribution in [0, 0.1) is 5.92 Å². The molecule has 0 aliphatic heterocycles. The van der Waals surface area contributed by atoms with Crippen molar-refractivity contribution in [3.63, 3.8) is 0 Å². The van der Waals surface area contributed by atoms with Crippen molar-refractivity contribution < 1.29 is 22.7 Å². The van der Waals surface area contributed by atoms with Gasteiger partial charge in [0, 0.05) is 18.3 Å². The van der Waals surface area contributed by atoms with Gasteiger partial charge in [0.2, 0.25) is 5.91 Å². The van der Waals surface area contributed by atoms with Crippen molar-refractivity contribution in [2.75, 3.05) is 25.5 Å². The molecule has 0 aromatic heterocycles. The minimum atomic E-state index is -3.89. The van der Waals surface area contributed by atoms with Crippen LogP contribution in [0.25, 0.3) is 0 Å². The molecule has 7 nitrogen and oxygen atoms in total. The standard InChI is InChI=1S/C23H30N2O5S/c1-16(2)11-14-24-22(26)23(12-13-23)17-5-7-18(8-6-17)25-31(27,28)21-15-19(29-3)9-10-20(21)30-4/h5-10,15-16,25H,11-14H2,1-4H3,(H,24,26). The molecule has 0 saturated heterocycles. The molecular weight excluding hydrogens is 416 g/mol. The minimum Gasteiger partial charge on any atom is -0.497 e. The molecule has 31 heavy (non-hydrogen) atoms. The largest absolute Gasteiger partial charge is 0.497 e. The molecule has 0 heterocycles. The summed E-state index contributed by atoms with van der Waals surface area (Å²) in [7, 11) is -1.01. The fourth-order valence-electron chi connectivity index (χ4n) is 3.48. The van der Waals surface area contributed by atoms with Gasteiger partial charge in [-0.15, -0.1) is 0 Å². The van der Waals surface area contributed by atoms with Gasteiger partial charge < -0.3 is 14.8 Å². The van der Waals surface area contributed by atoms with Gasteiger partial charge in [-0.1, -0.05) is 26.0 Å². The molecule has 0 unspecified atom stereocenters. The van der Waals surface area contributed by atoms with Crippen LogP contribution < -0.4 is 19.5 Å². The highest BCUT2D eigenvalue weighted by molar-refractivity contribution is 7.92. The SMILES string of the molecule is COc1ccc(OC)c(S(=O)(=O)Nc2ccc(C3(C(=O)NCCC(C)C)CC3)cc2)c1. The Labute approximate surface area is 184 Å². The highest BCUT2D eigenvalue weighted by Crippen LogP contribution is 2.48. The summed E-state index contributed by atoms with van der Waals surface area (Å²) in [6.07, 6.45) is 2.54. The molecule has 0 radical (unpaired) electrons. The Balaban J connectivity index is 1.74. The zero-order valence-electron chi connectivity index (χ0n) is 18.4. The summed E-state index contributed by atoms with van der Waals surface area (Å²) in [5.74, 6) is 1.21. The topological polar surface area (TPSA) is 93.7 Å². The summed E-state index contributed by atoms with van der Waals surface area (Å²) in [4.78, 5) is 12.7. The van der Waals surface area contributed by atoms with E-state index in [1.807, 2.05) is 12.1 Å². The van der Waals surface area contributed by atoms with Gasteiger partial charge in [0.15, 0.2) is 0 Å². The van der Waals surface area contributed by atoms with Crippen LogP contribution in [0.5, 0.6) is 11.5 Å². The van der Waals surface area contributed by atoms with E-state index in [0.717, 1.165) is 24.8 Å². The number of methoxy groups -OCH3 is 2. The van der Waals surface area contributed by atoms with E-state index in [2.05, 4.69) is 23.9 Å². The number of benzene rings is 2.